The lowest BCUT2D eigenvalue weighted by Crippen LogP contribution is -2.38. The summed E-state index contributed by atoms with van der Waals surface area (Å²) in [6.45, 7) is 1.30. The van der Waals surface area contributed by atoms with E-state index < -0.39 is 10.8 Å². The largest absolute Gasteiger partial charge is 0.479 e. The van der Waals surface area contributed by atoms with Gasteiger partial charge in [0.05, 0.1) is 0 Å². The fourth-order valence-electron chi connectivity index (χ4n) is 0. The quantitative estimate of drug-likeness (QED) is 0.329. The summed E-state index contributed by atoms with van der Waals surface area (Å²) in [7, 11) is 0. The Balaban J connectivity index is 3.79. The molecule has 0 saturated heterocycles. The summed E-state index contributed by atoms with van der Waals surface area (Å²) in [5, 5.41) is 8.05. The molecule has 0 aromatic carbocycles. The van der Waals surface area contributed by atoms with Crippen molar-refractivity contribution < 1.29 is 9.90 Å². The molecule has 7 heavy (non-hydrogen) atoms. The number of hydrogen-bond acceptors (Lipinski definition) is 3. The molecule has 0 radical (unpaired) electrons. The summed E-state index contributed by atoms with van der Waals surface area (Å²) < 4.78 is 0. The number of hydrogen-bond donors (Lipinski definition) is 3. The Morgan fingerprint density at radius 3 is 2.14 bits per heavy atom. The van der Waals surface area contributed by atoms with Crippen LogP contribution in [0, 0.1) is 0 Å². The van der Waals surface area contributed by atoms with E-state index in [9.17, 15) is 4.79 Å². The Labute approximate surface area is 46.9 Å². The number of carboxylic acids is 1. The molecule has 4 heteroatoms. The summed E-state index contributed by atoms with van der Waals surface area (Å²) in [5.41, 5.74) is 4.94. The normalized spacial score (nSPS) is 18.1. The Bertz CT molecular complexity index is 85.4. The minimum Gasteiger partial charge on any atom is -0.479 e. The van der Waals surface area contributed by atoms with Gasteiger partial charge in [0.25, 0.3) is 0 Å². The predicted octanol–water partition coefficient (Wildman–Crippen LogP) is -0.324. The topological polar surface area (TPSA) is 63.3 Å². The summed E-state index contributed by atoms with van der Waals surface area (Å²) in [6, 6.07) is 0. The second-order valence-electron chi connectivity index (χ2n) is 1.45. The Hall–Kier alpha value is -0.220. The van der Waals surface area contributed by atoms with E-state index >= 15 is 0 Å². The SMILES string of the molecule is CC(N)(S)C(=O)O. The smallest absolute Gasteiger partial charge is 0.333 e. The van der Waals surface area contributed by atoms with Crippen molar-refractivity contribution in [1.82, 2.24) is 0 Å². The molecule has 0 aliphatic heterocycles. The van der Waals surface area contributed by atoms with Gasteiger partial charge in [-0.2, -0.15) is 0 Å². The highest BCUT2D eigenvalue weighted by Gasteiger charge is 2.20. The van der Waals surface area contributed by atoms with Crippen LogP contribution in [0.5, 0.6) is 0 Å². The van der Waals surface area contributed by atoms with Gasteiger partial charge in [-0.3, -0.25) is 0 Å². The van der Waals surface area contributed by atoms with Crippen LogP contribution >= 0.6 is 12.6 Å². The van der Waals surface area contributed by atoms with Crippen molar-refractivity contribution in [2.45, 2.75) is 11.8 Å². The molecule has 0 heterocycles. The summed E-state index contributed by atoms with van der Waals surface area (Å²) >= 11 is 3.53. The summed E-state index contributed by atoms with van der Waals surface area (Å²) in [5.74, 6) is -1.11. The Morgan fingerprint density at radius 1 is 2.00 bits per heavy atom. The third-order valence-corrected chi connectivity index (χ3v) is 0.624. The number of carboxylic acid groups (broad SMARTS) is 1. The molecular formula is C3H7NO2S. The number of carbonyl (C=O) groups is 1. The van der Waals surface area contributed by atoms with Crippen molar-refractivity contribution >= 4 is 18.6 Å². The van der Waals surface area contributed by atoms with E-state index in [1.807, 2.05) is 0 Å². The van der Waals surface area contributed by atoms with Crippen molar-refractivity contribution in [1.29, 1.82) is 0 Å². The standard InChI is InChI=1S/C3H7NO2S/c1-3(4,7)2(5)6/h7H,4H2,1H3,(H,5,6). The van der Waals surface area contributed by atoms with Gasteiger partial charge in [-0.15, -0.1) is 12.6 Å². The maximum absolute atomic E-state index is 9.82. The number of thiol groups is 1. The monoisotopic (exact) mass is 121 g/mol. The van der Waals surface area contributed by atoms with E-state index in [0.717, 1.165) is 0 Å². The van der Waals surface area contributed by atoms with E-state index in [4.69, 9.17) is 10.8 Å². The minimum absolute atomic E-state index is 1.11. The van der Waals surface area contributed by atoms with Gasteiger partial charge in [0.15, 0.2) is 4.87 Å². The lowest BCUT2D eigenvalue weighted by molar-refractivity contribution is -0.139. The van der Waals surface area contributed by atoms with Crippen LogP contribution in [0.2, 0.25) is 0 Å². The Morgan fingerprint density at radius 2 is 2.14 bits per heavy atom. The van der Waals surface area contributed by atoms with Gasteiger partial charge in [0.2, 0.25) is 0 Å². The molecule has 0 rings (SSSR count). The molecule has 0 aromatic rings. The first-order chi connectivity index (χ1) is 2.94. The van der Waals surface area contributed by atoms with Gasteiger partial charge in [-0.05, 0) is 6.92 Å². The first kappa shape index (κ1) is 6.78. The zero-order valence-corrected chi connectivity index (χ0v) is 4.77. The molecular weight excluding hydrogens is 114 g/mol. The fraction of sp³-hybridized carbons (Fsp3) is 0.667. The number of rotatable bonds is 1. The summed E-state index contributed by atoms with van der Waals surface area (Å²) in [4.78, 5) is 8.43. The van der Waals surface area contributed by atoms with Crippen LogP contribution in [-0.4, -0.2) is 15.9 Å². The van der Waals surface area contributed by atoms with Crippen LogP contribution in [0.25, 0.3) is 0 Å². The molecule has 0 bridgehead atoms. The van der Waals surface area contributed by atoms with E-state index in [1.54, 1.807) is 0 Å². The minimum atomic E-state index is -1.39. The van der Waals surface area contributed by atoms with Crippen LogP contribution in [-0.2, 0) is 4.79 Å². The zero-order valence-electron chi connectivity index (χ0n) is 3.88. The molecule has 1 unspecified atom stereocenters. The van der Waals surface area contributed by atoms with Crippen LogP contribution in [0.3, 0.4) is 0 Å². The molecule has 3 N–H and O–H groups in total. The van der Waals surface area contributed by atoms with Crippen molar-refractivity contribution in [3.05, 3.63) is 0 Å². The van der Waals surface area contributed by atoms with Gasteiger partial charge in [-0.1, -0.05) is 0 Å². The highest BCUT2D eigenvalue weighted by molar-refractivity contribution is 7.82. The third-order valence-electron chi connectivity index (χ3n) is 0.433. The number of aliphatic carboxylic acids is 1. The van der Waals surface area contributed by atoms with Gasteiger partial charge in [0.1, 0.15) is 0 Å². The third kappa shape index (κ3) is 2.47. The molecule has 3 nitrogen and oxygen atoms in total. The first-order valence-corrected chi connectivity index (χ1v) is 2.14. The average Bonchev–Trinajstić information content (AvgIpc) is 1.31. The highest BCUT2D eigenvalue weighted by atomic mass is 32.1. The molecule has 0 amide bonds. The maximum atomic E-state index is 9.82. The van der Waals surface area contributed by atoms with E-state index in [-0.39, 0.29) is 0 Å². The second kappa shape index (κ2) is 1.71. The van der Waals surface area contributed by atoms with Crippen LogP contribution < -0.4 is 5.73 Å². The molecule has 0 saturated carbocycles. The highest BCUT2D eigenvalue weighted by Crippen LogP contribution is 2.01. The average molecular weight is 121 g/mol. The zero-order chi connectivity index (χ0) is 6.08. The van der Waals surface area contributed by atoms with E-state index in [0.29, 0.717) is 0 Å². The lowest BCUT2D eigenvalue weighted by atomic mass is 10.4. The van der Waals surface area contributed by atoms with Gasteiger partial charge >= 0.3 is 5.97 Å². The predicted molar refractivity (Wildman–Crippen MR) is 29.2 cm³/mol. The molecule has 0 fully saturated rings. The van der Waals surface area contributed by atoms with E-state index in [2.05, 4.69) is 12.6 Å². The summed E-state index contributed by atoms with van der Waals surface area (Å²) in [6.07, 6.45) is 0. The molecule has 0 spiro atoms. The van der Waals surface area contributed by atoms with Crippen LogP contribution in [0.4, 0.5) is 0 Å². The molecule has 42 valence electrons. The van der Waals surface area contributed by atoms with Crippen LogP contribution in [0.15, 0.2) is 0 Å². The van der Waals surface area contributed by atoms with Crippen LogP contribution in [0.1, 0.15) is 6.92 Å². The lowest BCUT2D eigenvalue weighted by Gasteiger charge is -2.08. The van der Waals surface area contributed by atoms with Crippen molar-refractivity contribution in [2.24, 2.45) is 5.73 Å². The fourth-order valence-corrected chi connectivity index (χ4v) is 0. The van der Waals surface area contributed by atoms with Gasteiger partial charge in [-0.25, -0.2) is 4.79 Å². The second-order valence-corrected chi connectivity index (χ2v) is 2.38. The van der Waals surface area contributed by atoms with Crippen molar-refractivity contribution in [3.8, 4) is 0 Å². The van der Waals surface area contributed by atoms with E-state index in [1.165, 1.54) is 6.92 Å². The maximum Gasteiger partial charge on any atom is 0.333 e. The molecule has 1 atom stereocenters. The first-order valence-electron chi connectivity index (χ1n) is 1.69. The molecule has 0 aliphatic carbocycles. The van der Waals surface area contributed by atoms with Crippen molar-refractivity contribution in [2.75, 3.05) is 0 Å². The number of nitrogens with two attached hydrogens (primary N) is 1. The molecule has 0 aromatic heterocycles. The molecule has 0 aliphatic rings. The van der Waals surface area contributed by atoms with Crippen molar-refractivity contribution in [3.63, 3.8) is 0 Å². The van der Waals surface area contributed by atoms with Gasteiger partial charge in [0, 0.05) is 0 Å². The van der Waals surface area contributed by atoms with Gasteiger partial charge < -0.3 is 10.8 Å². The Kier molecular flexibility index (Phi) is 1.66.